The van der Waals surface area contributed by atoms with Crippen molar-refractivity contribution in [3.63, 3.8) is 0 Å². The summed E-state index contributed by atoms with van der Waals surface area (Å²) in [6.07, 6.45) is 4.28. The molecule has 12 heavy (non-hydrogen) atoms. The van der Waals surface area contributed by atoms with Crippen LogP contribution in [0.2, 0.25) is 0 Å². The lowest BCUT2D eigenvalue weighted by molar-refractivity contribution is -0.110. The van der Waals surface area contributed by atoms with E-state index in [0.29, 0.717) is 0 Å². The predicted molar refractivity (Wildman–Crippen MR) is 52.5 cm³/mol. The largest absolute Gasteiger partial charge is 0.303 e. The Morgan fingerprint density at radius 2 is 2.50 bits per heavy atom. The molecule has 0 aliphatic heterocycles. The van der Waals surface area contributed by atoms with Crippen molar-refractivity contribution in [3.8, 4) is 0 Å². The van der Waals surface area contributed by atoms with Crippen molar-refractivity contribution in [1.82, 2.24) is 0 Å². The molecule has 1 aromatic rings. The molecule has 1 atom stereocenters. The molecule has 0 bridgehead atoms. The molecule has 0 saturated heterocycles. The van der Waals surface area contributed by atoms with Gasteiger partial charge in [-0.1, -0.05) is 6.92 Å². The van der Waals surface area contributed by atoms with Gasteiger partial charge in [-0.15, -0.1) is 0 Å². The third-order valence-electron chi connectivity index (χ3n) is 1.94. The summed E-state index contributed by atoms with van der Waals surface area (Å²) >= 11 is 1.73. The highest BCUT2D eigenvalue weighted by molar-refractivity contribution is 7.07. The summed E-state index contributed by atoms with van der Waals surface area (Å²) in [5.74, 6) is 0.226. The van der Waals surface area contributed by atoms with Gasteiger partial charge in [0.05, 0.1) is 0 Å². The van der Waals surface area contributed by atoms with Crippen molar-refractivity contribution in [2.24, 2.45) is 5.92 Å². The van der Waals surface area contributed by atoms with Gasteiger partial charge in [0.25, 0.3) is 0 Å². The number of carbonyl (C=O) groups is 1. The Labute approximate surface area is 77.4 Å². The maximum Gasteiger partial charge on any atom is 0.122 e. The lowest BCUT2D eigenvalue weighted by Gasteiger charge is -2.01. The lowest BCUT2D eigenvalue weighted by Crippen LogP contribution is -1.96. The van der Waals surface area contributed by atoms with E-state index in [2.05, 4.69) is 16.8 Å². The van der Waals surface area contributed by atoms with Gasteiger partial charge in [0.1, 0.15) is 6.29 Å². The summed E-state index contributed by atoms with van der Waals surface area (Å²) < 4.78 is 0. The lowest BCUT2D eigenvalue weighted by atomic mass is 10.0. The molecule has 0 saturated carbocycles. The highest BCUT2D eigenvalue weighted by Crippen LogP contribution is 2.11. The van der Waals surface area contributed by atoms with Crippen molar-refractivity contribution < 1.29 is 4.79 Å². The Kier molecular flexibility index (Phi) is 4.01. The van der Waals surface area contributed by atoms with Crippen molar-refractivity contribution in [1.29, 1.82) is 0 Å². The molecule has 1 heterocycles. The minimum Gasteiger partial charge on any atom is -0.303 e. The normalized spacial score (nSPS) is 12.8. The number of rotatable bonds is 5. The summed E-state index contributed by atoms with van der Waals surface area (Å²) in [5.41, 5.74) is 1.40. The van der Waals surface area contributed by atoms with Gasteiger partial charge in [-0.05, 0) is 41.7 Å². The van der Waals surface area contributed by atoms with E-state index in [1.165, 1.54) is 5.56 Å². The first kappa shape index (κ1) is 9.46. The Hall–Kier alpha value is -0.630. The molecule has 1 rings (SSSR count). The van der Waals surface area contributed by atoms with E-state index in [4.69, 9.17) is 0 Å². The van der Waals surface area contributed by atoms with Gasteiger partial charge in [-0.2, -0.15) is 11.3 Å². The van der Waals surface area contributed by atoms with Crippen LogP contribution in [0.1, 0.15) is 25.3 Å². The Morgan fingerprint density at radius 1 is 1.67 bits per heavy atom. The van der Waals surface area contributed by atoms with Crippen LogP contribution in [0.15, 0.2) is 16.8 Å². The highest BCUT2D eigenvalue weighted by atomic mass is 32.1. The van der Waals surface area contributed by atoms with Gasteiger partial charge in [-0.25, -0.2) is 0 Å². The second-order valence-electron chi connectivity index (χ2n) is 3.14. The molecule has 0 spiro atoms. The van der Waals surface area contributed by atoms with Crippen LogP contribution in [0.25, 0.3) is 0 Å². The van der Waals surface area contributed by atoms with Crippen LogP contribution in [-0.4, -0.2) is 6.29 Å². The molecule has 0 aliphatic rings. The number of aldehydes is 1. The molecule has 2 heteroatoms. The van der Waals surface area contributed by atoms with E-state index in [9.17, 15) is 4.79 Å². The van der Waals surface area contributed by atoms with E-state index >= 15 is 0 Å². The molecule has 0 radical (unpaired) electrons. The summed E-state index contributed by atoms with van der Waals surface area (Å²) in [4.78, 5) is 10.3. The summed E-state index contributed by atoms with van der Waals surface area (Å²) in [6, 6.07) is 2.15. The Bertz CT molecular complexity index is 216. The second-order valence-corrected chi connectivity index (χ2v) is 3.92. The van der Waals surface area contributed by atoms with Crippen LogP contribution in [0.3, 0.4) is 0 Å². The quantitative estimate of drug-likeness (QED) is 0.640. The average molecular weight is 182 g/mol. The topological polar surface area (TPSA) is 17.1 Å². The molecule has 1 aromatic heterocycles. The molecule has 0 fully saturated rings. The molecule has 1 nitrogen and oxygen atoms in total. The monoisotopic (exact) mass is 182 g/mol. The van der Waals surface area contributed by atoms with Crippen molar-refractivity contribution in [2.45, 2.75) is 26.2 Å². The van der Waals surface area contributed by atoms with Gasteiger partial charge < -0.3 is 4.79 Å². The van der Waals surface area contributed by atoms with Crippen LogP contribution in [0.4, 0.5) is 0 Å². The zero-order valence-electron chi connectivity index (χ0n) is 7.32. The Balaban J connectivity index is 2.15. The number of hydrogen-bond acceptors (Lipinski definition) is 2. The van der Waals surface area contributed by atoms with Crippen LogP contribution in [-0.2, 0) is 11.2 Å². The zero-order chi connectivity index (χ0) is 8.81. The van der Waals surface area contributed by atoms with Gasteiger partial charge in [-0.3, -0.25) is 0 Å². The molecule has 0 aromatic carbocycles. The van der Waals surface area contributed by atoms with Gasteiger partial charge >= 0.3 is 0 Å². The van der Waals surface area contributed by atoms with Gasteiger partial charge in [0, 0.05) is 5.92 Å². The number of hydrogen-bond donors (Lipinski definition) is 0. The number of aryl methyl sites for hydroxylation is 1. The van der Waals surface area contributed by atoms with Gasteiger partial charge in [0.2, 0.25) is 0 Å². The maximum absolute atomic E-state index is 10.3. The van der Waals surface area contributed by atoms with Gasteiger partial charge in [0.15, 0.2) is 0 Å². The standard InChI is InChI=1S/C10H14OS/c1-9(7-11)3-2-4-10-5-6-12-8-10/h5-9H,2-4H2,1H3. The van der Waals surface area contributed by atoms with Crippen molar-refractivity contribution in [2.75, 3.05) is 0 Å². The third kappa shape index (κ3) is 3.18. The van der Waals surface area contributed by atoms with Crippen LogP contribution in [0.5, 0.6) is 0 Å². The molecular weight excluding hydrogens is 168 g/mol. The fourth-order valence-electron chi connectivity index (χ4n) is 1.13. The first-order valence-corrected chi connectivity index (χ1v) is 5.23. The minimum atomic E-state index is 0.226. The highest BCUT2D eigenvalue weighted by Gasteiger charge is 1.99. The zero-order valence-corrected chi connectivity index (χ0v) is 8.14. The molecular formula is C10H14OS. The first-order chi connectivity index (χ1) is 5.83. The van der Waals surface area contributed by atoms with E-state index in [-0.39, 0.29) is 5.92 Å². The predicted octanol–water partition coefficient (Wildman–Crippen LogP) is 2.91. The minimum absolute atomic E-state index is 0.226. The van der Waals surface area contributed by atoms with E-state index in [0.717, 1.165) is 25.5 Å². The molecule has 0 N–H and O–H groups in total. The van der Waals surface area contributed by atoms with Crippen molar-refractivity contribution in [3.05, 3.63) is 22.4 Å². The summed E-state index contributed by atoms with van der Waals surface area (Å²) in [6.45, 7) is 1.97. The first-order valence-electron chi connectivity index (χ1n) is 4.29. The van der Waals surface area contributed by atoms with Crippen LogP contribution < -0.4 is 0 Å². The summed E-state index contributed by atoms with van der Waals surface area (Å²) in [7, 11) is 0. The average Bonchev–Trinajstić information content (AvgIpc) is 2.57. The fourth-order valence-corrected chi connectivity index (χ4v) is 1.83. The fraction of sp³-hybridized carbons (Fsp3) is 0.500. The molecule has 1 unspecified atom stereocenters. The maximum atomic E-state index is 10.3. The smallest absolute Gasteiger partial charge is 0.122 e. The van der Waals surface area contributed by atoms with Crippen LogP contribution in [0, 0.1) is 5.92 Å². The van der Waals surface area contributed by atoms with E-state index < -0.39 is 0 Å². The third-order valence-corrected chi connectivity index (χ3v) is 2.67. The van der Waals surface area contributed by atoms with Crippen molar-refractivity contribution >= 4 is 17.6 Å². The van der Waals surface area contributed by atoms with Crippen LogP contribution >= 0.6 is 11.3 Å². The molecule has 0 aliphatic carbocycles. The SMILES string of the molecule is CC(C=O)CCCc1ccsc1. The van der Waals surface area contributed by atoms with E-state index in [1.807, 2.05) is 6.92 Å². The molecule has 66 valence electrons. The number of carbonyl (C=O) groups excluding carboxylic acids is 1. The van der Waals surface area contributed by atoms with E-state index in [1.54, 1.807) is 11.3 Å². The number of thiophene rings is 1. The summed E-state index contributed by atoms with van der Waals surface area (Å²) in [5, 5.41) is 4.27. The Morgan fingerprint density at radius 3 is 3.08 bits per heavy atom. The molecule has 0 amide bonds. The second kappa shape index (κ2) is 5.09.